The predicted octanol–water partition coefficient (Wildman–Crippen LogP) is 3.27. The maximum atomic E-state index is 13.3. The number of aromatic hydroxyl groups is 1. The molecule has 3 N–H and O–H groups in total. The number of benzene rings is 1. The number of phenolic OH excluding ortho intramolecular Hbond substituents is 1. The van der Waals surface area contributed by atoms with Crippen LogP contribution in [0.3, 0.4) is 0 Å². The third-order valence-corrected chi connectivity index (χ3v) is 3.48. The van der Waals surface area contributed by atoms with Crippen molar-refractivity contribution in [3.63, 3.8) is 0 Å². The number of nitrogens with one attached hydrogen (secondary N) is 2. The molecular formula is C17H29FIN3O2. The molecule has 0 aliphatic heterocycles. The molecule has 1 unspecified atom stereocenters. The van der Waals surface area contributed by atoms with E-state index in [1.54, 1.807) is 13.2 Å². The van der Waals surface area contributed by atoms with Crippen LogP contribution in [0.4, 0.5) is 4.39 Å². The van der Waals surface area contributed by atoms with Crippen molar-refractivity contribution in [3.8, 4) is 5.75 Å². The van der Waals surface area contributed by atoms with Gasteiger partial charge in [0.15, 0.2) is 17.5 Å². The van der Waals surface area contributed by atoms with E-state index in [-0.39, 0.29) is 41.2 Å². The lowest BCUT2D eigenvalue weighted by atomic mass is 9.89. The van der Waals surface area contributed by atoms with Crippen LogP contribution in [0.2, 0.25) is 0 Å². The van der Waals surface area contributed by atoms with Crippen LogP contribution in [-0.4, -0.2) is 37.4 Å². The van der Waals surface area contributed by atoms with E-state index < -0.39 is 5.82 Å². The van der Waals surface area contributed by atoms with Gasteiger partial charge in [-0.1, -0.05) is 26.8 Å². The predicted molar refractivity (Wildman–Crippen MR) is 107 cm³/mol. The first-order valence-corrected chi connectivity index (χ1v) is 7.80. The van der Waals surface area contributed by atoms with Crippen molar-refractivity contribution in [2.75, 3.05) is 20.2 Å². The summed E-state index contributed by atoms with van der Waals surface area (Å²) in [6.07, 6.45) is 0.0393. The maximum Gasteiger partial charge on any atom is 0.191 e. The number of phenols is 1. The van der Waals surface area contributed by atoms with E-state index in [1.807, 2.05) is 6.92 Å². The zero-order valence-corrected chi connectivity index (χ0v) is 17.3. The Morgan fingerprint density at radius 3 is 2.50 bits per heavy atom. The van der Waals surface area contributed by atoms with Gasteiger partial charge in [0, 0.05) is 20.2 Å². The average Bonchev–Trinajstić information content (AvgIpc) is 2.47. The van der Waals surface area contributed by atoms with Crippen LogP contribution >= 0.6 is 24.0 Å². The number of rotatable bonds is 6. The van der Waals surface area contributed by atoms with Crippen LogP contribution < -0.4 is 10.6 Å². The monoisotopic (exact) mass is 453 g/mol. The standard InChI is InChI=1S/C17H28FN3O2.HI/c1-6-19-16(21-11-15(23-5)17(2,3)4)20-10-12-7-8-14(22)13(18)9-12;/h7-9,15,22H,6,10-11H2,1-5H3,(H2,19,20,21);1H. The van der Waals surface area contributed by atoms with Crippen LogP contribution in [0.1, 0.15) is 33.3 Å². The third-order valence-electron chi connectivity index (χ3n) is 3.48. The molecule has 0 radical (unpaired) electrons. The van der Waals surface area contributed by atoms with Crippen LogP contribution in [0.25, 0.3) is 0 Å². The fourth-order valence-electron chi connectivity index (χ4n) is 2.09. The lowest BCUT2D eigenvalue weighted by Crippen LogP contribution is -2.45. The van der Waals surface area contributed by atoms with Gasteiger partial charge in [0.2, 0.25) is 0 Å². The number of hydrogen-bond donors (Lipinski definition) is 3. The summed E-state index contributed by atoms with van der Waals surface area (Å²) in [5.41, 5.74) is 0.704. The molecule has 1 aromatic rings. The van der Waals surface area contributed by atoms with E-state index in [2.05, 4.69) is 36.4 Å². The van der Waals surface area contributed by atoms with Crippen LogP contribution in [0.15, 0.2) is 23.2 Å². The molecule has 0 heterocycles. The Morgan fingerprint density at radius 1 is 1.33 bits per heavy atom. The van der Waals surface area contributed by atoms with E-state index in [0.29, 0.717) is 24.6 Å². The highest BCUT2D eigenvalue weighted by molar-refractivity contribution is 14.0. The Balaban J connectivity index is 0.00000529. The molecule has 0 saturated carbocycles. The summed E-state index contributed by atoms with van der Waals surface area (Å²) < 4.78 is 18.8. The zero-order valence-electron chi connectivity index (χ0n) is 15.0. The average molecular weight is 453 g/mol. The first kappa shape index (κ1) is 22.9. The molecule has 1 aromatic carbocycles. The largest absolute Gasteiger partial charge is 0.505 e. The minimum Gasteiger partial charge on any atom is -0.505 e. The summed E-state index contributed by atoms with van der Waals surface area (Å²) in [5, 5.41) is 15.6. The van der Waals surface area contributed by atoms with E-state index in [4.69, 9.17) is 4.74 Å². The summed E-state index contributed by atoms with van der Waals surface area (Å²) in [6.45, 7) is 10.00. The first-order valence-electron chi connectivity index (χ1n) is 7.80. The van der Waals surface area contributed by atoms with E-state index in [9.17, 15) is 9.50 Å². The minimum absolute atomic E-state index is 0. The maximum absolute atomic E-state index is 13.3. The number of methoxy groups -OCH3 is 1. The van der Waals surface area contributed by atoms with Gasteiger partial charge in [-0.15, -0.1) is 24.0 Å². The molecule has 0 bridgehead atoms. The van der Waals surface area contributed by atoms with E-state index in [1.165, 1.54) is 12.1 Å². The molecule has 0 aliphatic rings. The SMILES string of the molecule is CCNC(=NCc1ccc(O)c(F)c1)NCC(OC)C(C)(C)C.I. The molecule has 0 spiro atoms. The van der Waals surface area contributed by atoms with E-state index in [0.717, 1.165) is 6.54 Å². The molecule has 0 aromatic heterocycles. The van der Waals surface area contributed by atoms with Gasteiger partial charge in [0.05, 0.1) is 12.6 Å². The van der Waals surface area contributed by atoms with Crippen molar-refractivity contribution in [2.24, 2.45) is 10.4 Å². The summed E-state index contributed by atoms with van der Waals surface area (Å²) in [4.78, 5) is 4.43. The van der Waals surface area contributed by atoms with Gasteiger partial charge in [-0.2, -0.15) is 0 Å². The summed E-state index contributed by atoms with van der Waals surface area (Å²) in [7, 11) is 1.70. The lowest BCUT2D eigenvalue weighted by Gasteiger charge is -2.30. The highest BCUT2D eigenvalue weighted by atomic mass is 127. The molecule has 7 heteroatoms. The smallest absolute Gasteiger partial charge is 0.191 e. The number of hydrogen-bond acceptors (Lipinski definition) is 3. The van der Waals surface area contributed by atoms with Crippen molar-refractivity contribution in [3.05, 3.63) is 29.6 Å². The normalized spacial score (nSPS) is 13.2. The molecule has 0 saturated heterocycles. The molecule has 1 rings (SSSR count). The Hall–Kier alpha value is -1.09. The van der Waals surface area contributed by atoms with Gasteiger partial charge in [0.25, 0.3) is 0 Å². The second kappa shape index (κ2) is 10.7. The molecule has 1 atom stereocenters. The quantitative estimate of drug-likeness (QED) is 0.352. The summed E-state index contributed by atoms with van der Waals surface area (Å²) >= 11 is 0. The number of guanidine groups is 1. The van der Waals surface area contributed by atoms with Gasteiger partial charge in [-0.3, -0.25) is 0 Å². The number of nitrogens with zero attached hydrogens (tertiary/aromatic N) is 1. The van der Waals surface area contributed by atoms with Crippen molar-refractivity contribution >= 4 is 29.9 Å². The van der Waals surface area contributed by atoms with Gasteiger partial charge in [-0.25, -0.2) is 9.38 Å². The number of halogens is 2. The van der Waals surface area contributed by atoms with Gasteiger partial charge < -0.3 is 20.5 Å². The highest BCUT2D eigenvalue weighted by Gasteiger charge is 2.24. The molecule has 0 aliphatic carbocycles. The fourth-order valence-corrected chi connectivity index (χ4v) is 2.09. The number of aliphatic imine (C=N–C) groups is 1. The summed E-state index contributed by atoms with van der Waals surface area (Å²) in [5.74, 6) is -0.342. The molecular weight excluding hydrogens is 424 g/mol. The van der Waals surface area contributed by atoms with Gasteiger partial charge in [0.1, 0.15) is 0 Å². The van der Waals surface area contributed by atoms with Crippen LogP contribution in [0, 0.1) is 11.2 Å². The molecule has 24 heavy (non-hydrogen) atoms. The van der Waals surface area contributed by atoms with Crippen molar-refractivity contribution in [1.82, 2.24) is 10.6 Å². The molecule has 0 amide bonds. The topological polar surface area (TPSA) is 65.9 Å². The van der Waals surface area contributed by atoms with Crippen LogP contribution in [0.5, 0.6) is 5.75 Å². The second-order valence-corrected chi connectivity index (χ2v) is 6.45. The lowest BCUT2D eigenvalue weighted by molar-refractivity contribution is 0.0205. The number of ether oxygens (including phenoxy) is 1. The van der Waals surface area contributed by atoms with Gasteiger partial charge >= 0.3 is 0 Å². The molecule has 5 nitrogen and oxygen atoms in total. The molecule has 138 valence electrons. The zero-order chi connectivity index (χ0) is 17.5. The highest BCUT2D eigenvalue weighted by Crippen LogP contribution is 2.21. The van der Waals surface area contributed by atoms with Crippen molar-refractivity contribution in [2.45, 2.75) is 40.3 Å². The first-order chi connectivity index (χ1) is 10.8. The van der Waals surface area contributed by atoms with Crippen molar-refractivity contribution in [1.29, 1.82) is 0 Å². The molecule has 0 fully saturated rings. The third kappa shape index (κ3) is 7.65. The van der Waals surface area contributed by atoms with Crippen LogP contribution in [-0.2, 0) is 11.3 Å². The van der Waals surface area contributed by atoms with Gasteiger partial charge in [-0.05, 0) is 30.0 Å². The Bertz CT molecular complexity index is 533. The van der Waals surface area contributed by atoms with E-state index >= 15 is 0 Å². The Kier molecular flexibility index (Phi) is 10.2. The Morgan fingerprint density at radius 2 is 2.00 bits per heavy atom. The second-order valence-electron chi connectivity index (χ2n) is 6.45. The Labute approximate surface area is 161 Å². The van der Waals surface area contributed by atoms with Crippen molar-refractivity contribution < 1.29 is 14.2 Å². The summed E-state index contributed by atoms with van der Waals surface area (Å²) in [6, 6.07) is 4.27. The minimum atomic E-state index is -0.636. The fraction of sp³-hybridized carbons (Fsp3) is 0.588.